The van der Waals surface area contributed by atoms with E-state index in [1.165, 1.54) is 44.7 Å². The maximum absolute atomic E-state index is 2.42. The van der Waals surface area contributed by atoms with Gasteiger partial charge in [0.15, 0.2) is 0 Å². The first kappa shape index (κ1) is 21.4. The van der Waals surface area contributed by atoms with E-state index in [1.807, 2.05) is 0 Å². The molecular weight excluding hydrogens is 459 g/mol. The minimum atomic E-state index is -1.70. The van der Waals surface area contributed by atoms with Gasteiger partial charge < -0.3 is 17.0 Å². The van der Waals surface area contributed by atoms with Crippen LogP contribution in [0.15, 0.2) is 91.0 Å². The average molecular weight is 491 g/mol. The van der Waals surface area contributed by atoms with Gasteiger partial charge in [-0.2, -0.15) is 0 Å². The van der Waals surface area contributed by atoms with Crippen molar-refractivity contribution in [2.24, 2.45) is 23.2 Å². The molecule has 0 spiro atoms. The molecule has 0 radical (unpaired) electrons. The van der Waals surface area contributed by atoms with Crippen molar-refractivity contribution in [2.45, 2.75) is 38.5 Å². The molecule has 4 aliphatic rings. The molecule has 0 unspecified atom stereocenters. The fourth-order valence-electron chi connectivity index (χ4n) is 7.76. The summed E-state index contributed by atoms with van der Waals surface area (Å²) in [6, 6.07) is 34.6. The van der Waals surface area contributed by atoms with E-state index in [1.54, 1.807) is 15.9 Å². The maximum Gasteiger partial charge on any atom is 0.112 e. The molecule has 0 saturated heterocycles. The molecule has 31 heavy (non-hydrogen) atoms. The Morgan fingerprint density at radius 3 is 1.19 bits per heavy atom. The molecule has 7 rings (SSSR count). The average Bonchev–Trinajstić information content (AvgIpc) is 2.78. The van der Waals surface area contributed by atoms with Crippen LogP contribution in [0.25, 0.3) is 0 Å². The second kappa shape index (κ2) is 8.49. The molecule has 0 aliphatic heterocycles. The van der Waals surface area contributed by atoms with Gasteiger partial charge >= 0.3 is 0 Å². The molecule has 3 aromatic rings. The third kappa shape index (κ3) is 3.73. The highest BCUT2D eigenvalue weighted by Gasteiger charge is 2.58. The Bertz CT molecular complexity index is 867. The minimum absolute atomic E-state index is 0. The summed E-state index contributed by atoms with van der Waals surface area (Å²) >= 11 is 0. The van der Waals surface area contributed by atoms with Crippen LogP contribution in [-0.4, -0.2) is 6.16 Å². The molecule has 4 fully saturated rings. The van der Waals surface area contributed by atoms with Gasteiger partial charge in [0.2, 0.25) is 0 Å². The molecule has 2 heteroatoms. The summed E-state index contributed by atoms with van der Waals surface area (Å²) < 4.78 is 0. The van der Waals surface area contributed by atoms with Crippen molar-refractivity contribution in [1.29, 1.82) is 0 Å². The van der Waals surface area contributed by atoms with Crippen LogP contribution in [0.4, 0.5) is 0 Å². The van der Waals surface area contributed by atoms with Gasteiger partial charge in [-0.25, -0.2) is 0 Å². The number of benzene rings is 3. The summed E-state index contributed by atoms with van der Waals surface area (Å²) in [7, 11) is -1.70. The summed E-state index contributed by atoms with van der Waals surface area (Å²) in [5.74, 6) is 3.00. The fraction of sp³-hybridized carbons (Fsp3) is 0.379. The van der Waals surface area contributed by atoms with E-state index in [2.05, 4.69) is 91.0 Å². The molecule has 0 heterocycles. The van der Waals surface area contributed by atoms with Crippen LogP contribution in [0, 0.1) is 23.2 Å². The number of hydrogen-bond donors (Lipinski definition) is 0. The fourth-order valence-corrected chi connectivity index (χ4v) is 12.6. The first-order valence-corrected chi connectivity index (χ1v) is 13.8. The van der Waals surface area contributed by atoms with Crippen molar-refractivity contribution < 1.29 is 17.0 Å². The standard InChI is InChI=1S/C29H32P.BrH/c1-4-10-26(11-5-1)30(27-12-6-2-7-13-27,28-14-8-3-9-15-28)22-29-19-23-16-24(20-29)18-25(17-23)21-29;/h1-15,23-25H,16-22H2;1H/q+1;/p-1. The summed E-state index contributed by atoms with van der Waals surface area (Å²) in [5.41, 5.74) is 0.546. The van der Waals surface area contributed by atoms with Gasteiger partial charge in [-0.05, 0) is 92.7 Å². The zero-order valence-corrected chi connectivity index (χ0v) is 20.6. The third-order valence-electron chi connectivity index (χ3n) is 8.33. The zero-order chi connectivity index (χ0) is 20.0. The molecule has 4 aliphatic carbocycles. The Kier molecular flexibility index (Phi) is 5.87. The lowest BCUT2D eigenvalue weighted by atomic mass is 9.50. The summed E-state index contributed by atoms with van der Waals surface area (Å²) in [5, 5.41) is 4.70. The lowest BCUT2D eigenvalue weighted by Crippen LogP contribution is -3.00. The summed E-state index contributed by atoms with van der Waals surface area (Å²) in [4.78, 5) is 0. The van der Waals surface area contributed by atoms with Crippen molar-refractivity contribution in [1.82, 2.24) is 0 Å². The Labute approximate surface area is 198 Å². The highest BCUT2D eigenvalue weighted by atomic mass is 79.9. The third-order valence-corrected chi connectivity index (χ3v) is 13.0. The van der Waals surface area contributed by atoms with Crippen molar-refractivity contribution >= 4 is 23.2 Å². The topological polar surface area (TPSA) is 0 Å². The van der Waals surface area contributed by atoms with E-state index in [0.717, 1.165) is 17.8 Å². The molecular formula is C29H32BrP. The Morgan fingerprint density at radius 1 is 0.548 bits per heavy atom. The highest BCUT2D eigenvalue weighted by Crippen LogP contribution is 2.68. The monoisotopic (exact) mass is 490 g/mol. The molecule has 0 atom stereocenters. The molecule has 0 nitrogen and oxygen atoms in total. The quantitative estimate of drug-likeness (QED) is 0.481. The molecule has 0 N–H and O–H groups in total. The van der Waals surface area contributed by atoms with E-state index in [9.17, 15) is 0 Å². The largest absolute Gasteiger partial charge is 1.00 e. The second-order valence-electron chi connectivity index (χ2n) is 10.4. The number of rotatable bonds is 5. The SMILES string of the molecule is [Br-].c1ccc([P+](CC23CC4CC(CC(C4)C2)C3)(c2ccccc2)c2ccccc2)cc1. The molecule has 4 saturated carbocycles. The normalized spacial score (nSPS) is 28.8. The van der Waals surface area contributed by atoms with Crippen LogP contribution in [0.5, 0.6) is 0 Å². The predicted octanol–water partition coefficient (Wildman–Crippen LogP) is 3.20. The number of halogens is 1. The first-order chi connectivity index (χ1) is 14.8. The Hall–Kier alpha value is -1.43. The van der Waals surface area contributed by atoms with Crippen molar-refractivity contribution in [3.63, 3.8) is 0 Å². The highest BCUT2D eigenvalue weighted by molar-refractivity contribution is 7.95. The molecule has 3 aromatic carbocycles. The van der Waals surface area contributed by atoms with E-state index in [4.69, 9.17) is 0 Å². The van der Waals surface area contributed by atoms with Gasteiger partial charge in [-0.3, -0.25) is 0 Å². The lowest BCUT2D eigenvalue weighted by molar-refractivity contribution is -0.0387. The van der Waals surface area contributed by atoms with Gasteiger partial charge in [0.1, 0.15) is 23.2 Å². The summed E-state index contributed by atoms with van der Waals surface area (Å²) in [6.45, 7) is 0. The van der Waals surface area contributed by atoms with Gasteiger partial charge in [-0.15, -0.1) is 0 Å². The van der Waals surface area contributed by atoms with E-state index >= 15 is 0 Å². The van der Waals surface area contributed by atoms with Gasteiger partial charge in [0.05, 0.1) is 6.16 Å². The van der Waals surface area contributed by atoms with Crippen LogP contribution in [0.2, 0.25) is 0 Å². The Morgan fingerprint density at radius 2 is 0.871 bits per heavy atom. The molecule has 0 aromatic heterocycles. The zero-order valence-electron chi connectivity index (χ0n) is 18.2. The Balaban J connectivity index is 0.00000204. The van der Waals surface area contributed by atoms with Crippen molar-refractivity contribution in [3.05, 3.63) is 91.0 Å². The maximum atomic E-state index is 2.42. The van der Waals surface area contributed by atoms with Gasteiger partial charge in [0.25, 0.3) is 0 Å². The van der Waals surface area contributed by atoms with Crippen LogP contribution in [0.1, 0.15) is 38.5 Å². The smallest absolute Gasteiger partial charge is 0.112 e. The summed E-state index contributed by atoms with van der Waals surface area (Å²) in [6.07, 6.45) is 10.4. The van der Waals surface area contributed by atoms with Crippen LogP contribution >= 0.6 is 7.26 Å². The number of hydrogen-bond acceptors (Lipinski definition) is 0. The minimum Gasteiger partial charge on any atom is -1.00 e. The van der Waals surface area contributed by atoms with Crippen LogP contribution in [0.3, 0.4) is 0 Å². The molecule has 4 bridgehead atoms. The first-order valence-electron chi connectivity index (χ1n) is 11.8. The van der Waals surface area contributed by atoms with Gasteiger partial charge in [0, 0.05) is 5.41 Å². The van der Waals surface area contributed by atoms with Crippen molar-refractivity contribution in [2.75, 3.05) is 6.16 Å². The second-order valence-corrected chi connectivity index (χ2v) is 13.9. The predicted molar refractivity (Wildman–Crippen MR) is 131 cm³/mol. The lowest BCUT2D eigenvalue weighted by Gasteiger charge is -2.57. The van der Waals surface area contributed by atoms with E-state index in [0.29, 0.717) is 5.41 Å². The van der Waals surface area contributed by atoms with Gasteiger partial charge in [-0.1, -0.05) is 54.6 Å². The van der Waals surface area contributed by atoms with E-state index < -0.39 is 7.26 Å². The van der Waals surface area contributed by atoms with Crippen molar-refractivity contribution in [3.8, 4) is 0 Å². The molecule has 0 amide bonds. The van der Waals surface area contributed by atoms with Crippen LogP contribution < -0.4 is 32.9 Å². The molecule has 160 valence electrons. The van der Waals surface area contributed by atoms with Crippen LogP contribution in [-0.2, 0) is 0 Å². The van der Waals surface area contributed by atoms with E-state index in [-0.39, 0.29) is 17.0 Å².